The van der Waals surface area contributed by atoms with Crippen LogP contribution >= 0.6 is 0 Å². The number of benzene rings is 3. The van der Waals surface area contributed by atoms with Crippen molar-refractivity contribution in [3.8, 4) is 0 Å². The Balaban J connectivity index is 1.32. The van der Waals surface area contributed by atoms with Gasteiger partial charge in [0.05, 0.1) is 0 Å². The topological polar surface area (TPSA) is 90.5 Å². The molecular weight excluding hydrogens is 392 g/mol. The number of hydrogen-bond donors (Lipinski definition) is 3. The van der Waals surface area contributed by atoms with Crippen molar-refractivity contribution < 1.29 is 14.4 Å². The summed E-state index contributed by atoms with van der Waals surface area (Å²) in [5.74, 6) is -0.579. The molecule has 4 rings (SSSR count). The van der Waals surface area contributed by atoms with Gasteiger partial charge in [0.1, 0.15) is 6.54 Å². The molecular formula is C24H20N4O3. The number of hydrogen-bond acceptors (Lipinski definition) is 3. The Morgan fingerprint density at radius 2 is 1.23 bits per heavy atom. The van der Waals surface area contributed by atoms with Gasteiger partial charge in [-0.25, -0.2) is 4.79 Å². The molecule has 0 aliphatic carbocycles. The molecule has 1 heterocycles. The van der Waals surface area contributed by atoms with Gasteiger partial charge in [0, 0.05) is 33.9 Å². The predicted molar refractivity (Wildman–Crippen MR) is 121 cm³/mol. The van der Waals surface area contributed by atoms with E-state index in [0.29, 0.717) is 28.3 Å². The third kappa shape index (κ3) is 4.45. The molecule has 1 aliphatic heterocycles. The number of urea groups is 1. The van der Waals surface area contributed by atoms with Crippen LogP contribution in [0.5, 0.6) is 0 Å². The van der Waals surface area contributed by atoms with Gasteiger partial charge in [-0.2, -0.15) is 0 Å². The summed E-state index contributed by atoms with van der Waals surface area (Å²) in [5, 5.41) is 8.21. The van der Waals surface area contributed by atoms with Gasteiger partial charge >= 0.3 is 6.03 Å². The lowest BCUT2D eigenvalue weighted by atomic mass is 10.1. The first-order chi connectivity index (χ1) is 15.0. The van der Waals surface area contributed by atoms with Crippen LogP contribution in [-0.4, -0.2) is 29.3 Å². The van der Waals surface area contributed by atoms with Crippen LogP contribution in [0.3, 0.4) is 0 Å². The molecule has 0 spiro atoms. The molecule has 0 radical (unpaired) electrons. The summed E-state index contributed by atoms with van der Waals surface area (Å²) in [6.07, 6.45) is 0. The Hall–Kier alpha value is -4.39. The van der Waals surface area contributed by atoms with Crippen LogP contribution in [0.25, 0.3) is 5.70 Å². The fourth-order valence-electron chi connectivity index (χ4n) is 3.30. The van der Waals surface area contributed by atoms with E-state index in [1.165, 1.54) is 4.90 Å². The maximum absolute atomic E-state index is 12.5. The largest absolute Gasteiger partial charge is 0.325 e. The van der Waals surface area contributed by atoms with E-state index in [-0.39, 0.29) is 24.4 Å². The number of nitrogens with one attached hydrogen (secondary N) is 3. The number of carbonyl (C=O) groups excluding carboxylic acids is 3. The number of anilines is 3. The molecule has 7 nitrogen and oxygen atoms in total. The smallest absolute Gasteiger partial charge is 0.323 e. The SMILES string of the molecule is C=C1c2ccccc2C(=O)N1CC(=O)Nc1ccc(NC(=O)Nc2ccccc2)cc1. The molecule has 31 heavy (non-hydrogen) atoms. The van der Waals surface area contributed by atoms with Crippen LogP contribution in [-0.2, 0) is 4.79 Å². The molecule has 0 saturated carbocycles. The fourth-order valence-corrected chi connectivity index (χ4v) is 3.30. The molecule has 0 unspecified atom stereocenters. The van der Waals surface area contributed by atoms with Crippen molar-refractivity contribution >= 4 is 40.6 Å². The number of amides is 4. The molecule has 0 fully saturated rings. The second kappa shape index (κ2) is 8.54. The van der Waals surface area contributed by atoms with Crippen molar-refractivity contribution in [2.75, 3.05) is 22.5 Å². The van der Waals surface area contributed by atoms with Crippen molar-refractivity contribution in [3.63, 3.8) is 0 Å². The number of carbonyl (C=O) groups is 3. The van der Waals surface area contributed by atoms with Crippen LogP contribution in [0.2, 0.25) is 0 Å². The van der Waals surface area contributed by atoms with E-state index in [9.17, 15) is 14.4 Å². The fraction of sp³-hybridized carbons (Fsp3) is 0.0417. The van der Waals surface area contributed by atoms with Gasteiger partial charge in [0.15, 0.2) is 0 Å². The van der Waals surface area contributed by atoms with Crippen molar-refractivity contribution in [1.29, 1.82) is 0 Å². The summed E-state index contributed by atoms with van der Waals surface area (Å²) in [5.41, 5.74) is 3.61. The van der Waals surface area contributed by atoms with Crippen LogP contribution < -0.4 is 16.0 Å². The van der Waals surface area contributed by atoms with E-state index in [2.05, 4.69) is 22.5 Å². The van der Waals surface area contributed by atoms with Gasteiger partial charge < -0.3 is 16.0 Å². The first kappa shape index (κ1) is 19.9. The van der Waals surface area contributed by atoms with E-state index in [4.69, 9.17) is 0 Å². The predicted octanol–water partition coefficient (Wildman–Crippen LogP) is 4.40. The summed E-state index contributed by atoms with van der Waals surface area (Å²) in [6.45, 7) is 3.80. The van der Waals surface area contributed by atoms with Gasteiger partial charge in [0.25, 0.3) is 5.91 Å². The molecule has 4 amide bonds. The zero-order valence-corrected chi connectivity index (χ0v) is 16.6. The minimum atomic E-state index is -0.367. The number of fused-ring (bicyclic) bond motifs is 1. The second-order valence-electron chi connectivity index (χ2n) is 6.95. The summed E-state index contributed by atoms with van der Waals surface area (Å²) in [6, 6.07) is 22.6. The highest BCUT2D eigenvalue weighted by atomic mass is 16.2. The van der Waals surface area contributed by atoms with Crippen LogP contribution in [0.15, 0.2) is 85.4 Å². The van der Waals surface area contributed by atoms with Gasteiger partial charge in [-0.3, -0.25) is 14.5 Å². The first-order valence-electron chi connectivity index (χ1n) is 9.64. The highest BCUT2D eigenvalue weighted by Crippen LogP contribution is 2.30. The van der Waals surface area contributed by atoms with Gasteiger partial charge in [-0.15, -0.1) is 0 Å². The van der Waals surface area contributed by atoms with Crippen molar-refractivity contribution in [2.45, 2.75) is 0 Å². The average molecular weight is 412 g/mol. The molecule has 3 aromatic carbocycles. The van der Waals surface area contributed by atoms with Crippen molar-refractivity contribution in [2.24, 2.45) is 0 Å². The Morgan fingerprint density at radius 1 is 0.710 bits per heavy atom. The number of para-hydroxylation sites is 1. The Morgan fingerprint density at radius 3 is 1.84 bits per heavy atom. The highest BCUT2D eigenvalue weighted by Gasteiger charge is 2.31. The molecule has 154 valence electrons. The lowest BCUT2D eigenvalue weighted by molar-refractivity contribution is -0.116. The maximum atomic E-state index is 12.5. The summed E-state index contributed by atoms with van der Waals surface area (Å²) in [7, 11) is 0. The van der Waals surface area contributed by atoms with E-state index in [1.54, 1.807) is 48.5 Å². The second-order valence-corrected chi connectivity index (χ2v) is 6.95. The Bertz CT molecular complexity index is 1120. The molecule has 1 aliphatic rings. The Kier molecular flexibility index (Phi) is 5.49. The molecule has 7 heteroatoms. The van der Waals surface area contributed by atoms with E-state index in [0.717, 1.165) is 5.56 Å². The minimum absolute atomic E-state index is 0.133. The molecule has 0 bridgehead atoms. The quantitative estimate of drug-likeness (QED) is 0.580. The van der Waals surface area contributed by atoms with Crippen LogP contribution in [0, 0.1) is 0 Å². The van der Waals surface area contributed by atoms with Gasteiger partial charge in [0.2, 0.25) is 5.91 Å². The van der Waals surface area contributed by atoms with Gasteiger partial charge in [-0.1, -0.05) is 43.0 Å². The summed E-state index contributed by atoms with van der Waals surface area (Å²) in [4.78, 5) is 38.4. The molecule has 0 saturated heterocycles. The van der Waals surface area contributed by atoms with Gasteiger partial charge in [-0.05, 0) is 42.5 Å². The van der Waals surface area contributed by atoms with Crippen molar-refractivity contribution in [3.05, 3.63) is 96.6 Å². The monoisotopic (exact) mass is 412 g/mol. The Labute approximate surface area is 179 Å². The van der Waals surface area contributed by atoms with Crippen molar-refractivity contribution in [1.82, 2.24) is 4.90 Å². The van der Waals surface area contributed by atoms with E-state index in [1.807, 2.05) is 30.3 Å². The van der Waals surface area contributed by atoms with Crippen LogP contribution in [0.4, 0.5) is 21.9 Å². The highest BCUT2D eigenvalue weighted by molar-refractivity contribution is 6.11. The zero-order chi connectivity index (χ0) is 21.8. The zero-order valence-electron chi connectivity index (χ0n) is 16.6. The average Bonchev–Trinajstić information content (AvgIpc) is 3.01. The molecule has 0 atom stereocenters. The third-order valence-electron chi connectivity index (χ3n) is 4.80. The number of rotatable bonds is 5. The van der Waals surface area contributed by atoms with E-state index < -0.39 is 0 Å². The molecule has 3 aromatic rings. The molecule has 0 aromatic heterocycles. The lowest BCUT2D eigenvalue weighted by Crippen LogP contribution is -2.32. The third-order valence-corrected chi connectivity index (χ3v) is 4.80. The molecule has 3 N–H and O–H groups in total. The lowest BCUT2D eigenvalue weighted by Gasteiger charge is -2.17. The first-order valence-corrected chi connectivity index (χ1v) is 9.64. The van der Waals surface area contributed by atoms with E-state index >= 15 is 0 Å². The summed E-state index contributed by atoms with van der Waals surface area (Å²) < 4.78 is 0. The standard InChI is InChI=1S/C24H20N4O3/c1-16-20-9-5-6-10-21(20)23(30)28(16)15-22(29)25-18-11-13-19(14-12-18)27-24(31)26-17-7-3-2-4-8-17/h2-14H,1,15H2,(H,25,29)(H2,26,27,31). The summed E-state index contributed by atoms with van der Waals surface area (Å²) >= 11 is 0. The number of nitrogens with zero attached hydrogens (tertiary/aromatic N) is 1. The minimum Gasteiger partial charge on any atom is -0.325 e. The normalized spacial score (nSPS) is 12.3. The van der Waals surface area contributed by atoms with Crippen LogP contribution in [0.1, 0.15) is 15.9 Å². The maximum Gasteiger partial charge on any atom is 0.323 e.